The van der Waals surface area contributed by atoms with Crippen LogP contribution in [0, 0.1) is 0 Å². The summed E-state index contributed by atoms with van der Waals surface area (Å²) >= 11 is 11.0. The largest absolute Gasteiger partial charge is 0.339 e. The Balaban J connectivity index is 1.95. The fourth-order valence-electron chi connectivity index (χ4n) is 1.69. The quantitative estimate of drug-likeness (QED) is 0.671. The highest BCUT2D eigenvalue weighted by Crippen LogP contribution is 2.29. The van der Waals surface area contributed by atoms with E-state index in [1.54, 1.807) is 17.5 Å². The first kappa shape index (κ1) is 12.0. The lowest BCUT2D eigenvalue weighted by Crippen LogP contribution is -1.94. The first-order valence-corrected chi connectivity index (χ1v) is 7.33. The first-order chi connectivity index (χ1) is 8.72. The molecular weight excluding hydrogens is 332 g/mol. The Bertz CT molecular complexity index is 711. The van der Waals surface area contributed by atoms with E-state index in [2.05, 4.69) is 49.8 Å². The second-order valence-corrected chi connectivity index (χ2v) is 6.02. The third kappa shape index (κ3) is 2.36. The summed E-state index contributed by atoms with van der Waals surface area (Å²) in [7, 11) is 0. The van der Waals surface area contributed by atoms with Crippen LogP contribution in [0.15, 0.2) is 46.4 Å². The van der Waals surface area contributed by atoms with E-state index in [1.807, 2.05) is 12.1 Å². The molecule has 3 aromatic rings. The van der Waals surface area contributed by atoms with Crippen molar-refractivity contribution in [1.29, 1.82) is 0 Å². The molecule has 0 saturated heterocycles. The van der Waals surface area contributed by atoms with Crippen LogP contribution in [-0.4, -0.2) is 4.98 Å². The summed E-state index contributed by atoms with van der Waals surface area (Å²) in [5, 5.41) is 7.20. The number of nitrogens with one attached hydrogen (secondary N) is 1. The maximum atomic E-state index is 5.86. The van der Waals surface area contributed by atoms with Gasteiger partial charge in [-0.1, -0.05) is 11.6 Å². The van der Waals surface area contributed by atoms with Crippen molar-refractivity contribution in [2.75, 3.05) is 5.32 Å². The molecular formula is C13H8BrClN2S. The zero-order valence-corrected chi connectivity index (χ0v) is 12.3. The summed E-state index contributed by atoms with van der Waals surface area (Å²) in [6.07, 6.45) is 1.62. The van der Waals surface area contributed by atoms with Crippen molar-refractivity contribution in [3.05, 3.63) is 51.4 Å². The highest BCUT2D eigenvalue weighted by atomic mass is 79.9. The Hall–Kier alpha value is -1.10. The summed E-state index contributed by atoms with van der Waals surface area (Å²) in [5.41, 5.74) is 1.01. The number of aromatic nitrogens is 1. The van der Waals surface area contributed by atoms with E-state index in [0.29, 0.717) is 5.02 Å². The average Bonchev–Trinajstić information content (AvgIpc) is 2.80. The van der Waals surface area contributed by atoms with Crippen molar-refractivity contribution < 1.29 is 0 Å². The molecule has 0 aliphatic rings. The summed E-state index contributed by atoms with van der Waals surface area (Å²) in [6.45, 7) is 0. The molecule has 0 atom stereocenters. The van der Waals surface area contributed by atoms with E-state index >= 15 is 0 Å². The Morgan fingerprint density at radius 2 is 2.11 bits per heavy atom. The van der Waals surface area contributed by atoms with Crippen LogP contribution in [0.2, 0.25) is 5.02 Å². The van der Waals surface area contributed by atoms with Crippen molar-refractivity contribution in [3.63, 3.8) is 0 Å². The van der Waals surface area contributed by atoms with Gasteiger partial charge in [0.05, 0.1) is 9.50 Å². The van der Waals surface area contributed by atoms with Crippen LogP contribution >= 0.6 is 38.9 Å². The summed E-state index contributed by atoms with van der Waals surface area (Å²) in [4.78, 5) is 4.25. The van der Waals surface area contributed by atoms with Crippen molar-refractivity contribution >= 4 is 60.5 Å². The predicted molar refractivity (Wildman–Crippen MR) is 82.1 cm³/mol. The summed E-state index contributed by atoms with van der Waals surface area (Å²) in [5.74, 6) is 0.758. The second kappa shape index (κ2) is 4.88. The van der Waals surface area contributed by atoms with Gasteiger partial charge in [0.15, 0.2) is 0 Å². The molecule has 0 radical (unpaired) electrons. The van der Waals surface area contributed by atoms with E-state index < -0.39 is 0 Å². The molecule has 0 fully saturated rings. The number of hydrogen-bond acceptors (Lipinski definition) is 3. The Kier molecular flexibility index (Phi) is 3.24. The lowest BCUT2D eigenvalue weighted by molar-refractivity contribution is 1.29. The lowest BCUT2D eigenvalue weighted by atomic mass is 10.2. The van der Waals surface area contributed by atoms with E-state index in [9.17, 15) is 0 Å². The number of pyridine rings is 1. The number of halogens is 2. The van der Waals surface area contributed by atoms with Gasteiger partial charge >= 0.3 is 0 Å². The number of nitrogens with zero attached hydrogens (tertiary/aromatic N) is 1. The van der Waals surface area contributed by atoms with Crippen LogP contribution in [-0.2, 0) is 0 Å². The van der Waals surface area contributed by atoms with E-state index in [4.69, 9.17) is 11.6 Å². The van der Waals surface area contributed by atoms with Gasteiger partial charge in [0.2, 0.25) is 0 Å². The topological polar surface area (TPSA) is 24.9 Å². The van der Waals surface area contributed by atoms with Crippen molar-refractivity contribution in [1.82, 2.24) is 4.98 Å². The minimum absolute atomic E-state index is 0.612. The molecule has 5 heteroatoms. The van der Waals surface area contributed by atoms with E-state index in [1.165, 1.54) is 10.1 Å². The molecule has 2 nitrogen and oxygen atoms in total. The first-order valence-electron chi connectivity index (χ1n) is 5.28. The molecule has 0 saturated carbocycles. The maximum Gasteiger partial charge on any atom is 0.144 e. The lowest BCUT2D eigenvalue weighted by Gasteiger charge is -2.07. The zero-order valence-electron chi connectivity index (χ0n) is 9.15. The molecule has 0 spiro atoms. The number of anilines is 2. The molecule has 18 heavy (non-hydrogen) atoms. The molecule has 0 unspecified atom stereocenters. The highest BCUT2D eigenvalue weighted by molar-refractivity contribution is 9.10. The molecule has 90 valence electrons. The number of benzene rings is 1. The van der Waals surface area contributed by atoms with Crippen LogP contribution in [0.4, 0.5) is 11.5 Å². The smallest absolute Gasteiger partial charge is 0.144 e. The Morgan fingerprint density at radius 3 is 2.94 bits per heavy atom. The maximum absolute atomic E-state index is 5.86. The second-order valence-electron chi connectivity index (χ2n) is 3.78. The SMILES string of the molecule is Clc1cnc(Nc2ccc3sccc3c2)c(Br)c1. The van der Waals surface area contributed by atoms with Crippen molar-refractivity contribution in [2.24, 2.45) is 0 Å². The Labute approximate surface area is 122 Å². The predicted octanol–water partition coefficient (Wildman–Crippen LogP) is 5.46. The number of hydrogen-bond donors (Lipinski definition) is 1. The summed E-state index contributed by atoms with van der Waals surface area (Å²) in [6, 6.07) is 10.2. The minimum atomic E-state index is 0.612. The van der Waals surface area contributed by atoms with Crippen LogP contribution in [0.1, 0.15) is 0 Å². The molecule has 2 heterocycles. The zero-order chi connectivity index (χ0) is 12.5. The summed E-state index contributed by atoms with van der Waals surface area (Å²) < 4.78 is 2.13. The van der Waals surface area contributed by atoms with Crippen LogP contribution < -0.4 is 5.32 Å². The van der Waals surface area contributed by atoms with Crippen molar-refractivity contribution in [2.45, 2.75) is 0 Å². The molecule has 2 aromatic heterocycles. The van der Waals surface area contributed by atoms with Crippen molar-refractivity contribution in [3.8, 4) is 0 Å². The van der Waals surface area contributed by atoms with Gasteiger partial charge in [-0.05, 0) is 57.0 Å². The Morgan fingerprint density at radius 1 is 1.22 bits per heavy atom. The van der Waals surface area contributed by atoms with Gasteiger partial charge in [-0.25, -0.2) is 4.98 Å². The third-order valence-corrected chi connectivity index (χ3v) is 4.23. The highest BCUT2D eigenvalue weighted by Gasteiger charge is 2.04. The number of thiophene rings is 1. The molecule has 0 amide bonds. The van der Waals surface area contributed by atoms with Gasteiger partial charge < -0.3 is 5.32 Å². The standard InChI is InChI=1S/C13H8BrClN2S/c14-11-6-9(15)7-16-13(11)17-10-1-2-12-8(5-10)3-4-18-12/h1-7H,(H,16,17). The molecule has 0 aliphatic heterocycles. The van der Waals surface area contributed by atoms with E-state index in [-0.39, 0.29) is 0 Å². The molecule has 0 bridgehead atoms. The third-order valence-electron chi connectivity index (χ3n) is 2.52. The van der Waals surface area contributed by atoms with Gasteiger partial charge in [-0.2, -0.15) is 0 Å². The number of rotatable bonds is 2. The fraction of sp³-hybridized carbons (Fsp3) is 0. The van der Waals surface area contributed by atoms with Crippen LogP contribution in [0.25, 0.3) is 10.1 Å². The van der Waals surface area contributed by atoms with E-state index in [0.717, 1.165) is 16.0 Å². The van der Waals surface area contributed by atoms with Crippen LogP contribution in [0.5, 0.6) is 0 Å². The fourth-order valence-corrected chi connectivity index (χ4v) is 3.20. The average molecular weight is 340 g/mol. The van der Waals surface area contributed by atoms with Gasteiger partial charge in [-0.3, -0.25) is 0 Å². The number of fused-ring (bicyclic) bond motifs is 1. The van der Waals surface area contributed by atoms with Gasteiger partial charge in [0.25, 0.3) is 0 Å². The molecule has 3 rings (SSSR count). The molecule has 1 N–H and O–H groups in total. The monoisotopic (exact) mass is 338 g/mol. The normalized spacial score (nSPS) is 10.8. The molecule has 0 aliphatic carbocycles. The van der Waals surface area contributed by atoms with Crippen LogP contribution in [0.3, 0.4) is 0 Å². The van der Waals surface area contributed by atoms with Gasteiger partial charge in [0, 0.05) is 16.6 Å². The minimum Gasteiger partial charge on any atom is -0.339 e. The van der Waals surface area contributed by atoms with Gasteiger partial charge in [0.1, 0.15) is 5.82 Å². The van der Waals surface area contributed by atoms with Gasteiger partial charge in [-0.15, -0.1) is 11.3 Å². The molecule has 1 aromatic carbocycles.